The normalized spacial score (nSPS) is 11.4. The SMILES string of the molecule is C=Cc1c(/C=C\C)n(-c2ccccc2)c2cccc(C)c12.Cc1ccc2c3ccccc3c3ccccc3c2c1. The van der Waals surface area contributed by atoms with Crippen molar-refractivity contribution in [2.45, 2.75) is 20.8 Å². The van der Waals surface area contributed by atoms with Gasteiger partial charge in [-0.25, -0.2) is 0 Å². The summed E-state index contributed by atoms with van der Waals surface area (Å²) in [5.74, 6) is 0. The Kier molecular flexibility index (Phi) is 6.80. The van der Waals surface area contributed by atoms with E-state index in [1.807, 2.05) is 19.1 Å². The second kappa shape index (κ2) is 10.7. The molecule has 0 aliphatic rings. The molecule has 6 aromatic carbocycles. The Hall–Kier alpha value is -4.88. The van der Waals surface area contributed by atoms with Crippen LogP contribution in [-0.4, -0.2) is 4.57 Å². The molecule has 7 aromatic rings. The van der Waals surface area contributed by atoms with Gasteiger partial charge in [-0.2, -0.15) is 0 Å². The summed E-state index contributed by atoms with van der Waals surface area (Å²) < 4.78 is 2.30. The average Bonchev–Trinajstić information content (AvgIpc) is 3.32. The van der Waals surface area contributed by atoms with E-state index in [9.17, 15) is 0 Å². The van der Waals surface area contributed by atoms with Gasteiger partial charge in [0.15, 0.2) is 0 Å². The van der Waals surface area contributed by atoms with E-state index < -0.39 is 0 Å². The lowest BCUT2D eigenvalue weighted by Gasteiger charge is -2.10. The van der Waals surface area contributed by atoms with Gasteiger partial charge < -0.3 is 4.57 Å². The van der Waals surface area contributed by atoms with E-state index in [1.54, 1.807) is 0 Å². The summed E-state index contributed by atoms with van der Waals surface area (Å²) in [6.07, 6.45) is 6.20. The summed E-state index contributed by atoms with van der Waals surface area (Å²) in [7, 11) is 0. The lowest BCUT2D eigenvalue weighted by atomic mass is 9.93. The van der Waals surface area contributed by atoms with Crippen LogP contribution in [0.25, 0.3) is 61.1 Å². The van der Waals surface area contributed by atoms with Crippen molar-refractivity contribution in [3.63, 3.8) is 0 Å². The van der Waals surface area contributed by atoms with Crippen LogP contribution in [0.5, 0.6) is 0 Å². The molecule has 1 aromatic heterocycles. The minimum Gasteiger partial charge on any atom is -0.309 e. The van der Waals surface area contributed by atoms with Crippen LogP contribution >= 0.6 is 0 Å². The van der Waals surface area contributed by atoms with Gasteiger partial charge in [0.05, 0.1) is 11.2 Å². The summed E-state index contributed by atoms with van der Waals surface area (Å²) in [5.41, 5.74) is 7.38. The second-order valence-electron chi connectivity index (χ2n) is 10.3. The number of benzene rings is 6. The van der Waals surface area contributed by atoms with Gasteiger partial charge in [-0.15, -0.1) is 0 Å². The highest BCUT2D eigenvalue weighted by molar-refractivity contribution is 6.25. The maximum atomic E-state index is 4.02. The fourth-order valence-electron chi connectivity index (χ4n) is 5.97. The Bertz CT molecular complexity index is 2000. The molecule has 0 amide bonds. The van der Waals surface area contributed by atoms with Gasteiger partial charge in [0, 0.05) is 16.6 Å². The summed E-state index contributed by atoms with van der Waals surface area (Å²) in [6, 6.07) is 41.0. The number of hydrogen-bond donors (Lipinski definition) is 0. The van der Waals surface area contributed by atoms with Crippen molar-refractivity contribution in [1.82, 2.24) is 4.57 Å². The second-order valence-corrected chi connectivity index (χ2v) is 10.3. The Balaban J connectivity index is 0.000000145. The average molecular weight is 516 g/mol. The van der Waals surface area contributed by atoms with Crippen LogP contribution in [0, 0.1) is 13.8 Å². The fraction of sp³-hybridized carbons (Fsp3) is 0.0769. The quantitative estimate of drug-likeness (QED) is 0.206. The molecule has 7 rings (SSSR count). The highest BCUT2D eigenvalue weighted by atomic mass is 15.0. The molecular weight excluding hydrogens is 482 g/mol. The molecule has 1 heterocycles. The first-order chi connectivity index (χ1) is 19.6. The number of para-hydroxylation sites is 1. The van der Waals surface area contributed by atoms with E-state index in [0.717, 1.165) is 0 Å². The van der Waals surface area contributed by atoms with Crippen molar-refractivity contribution in [2.24, 2.45) is 0 Å². The van der Waals surface area contributed by atoms with Crippen molar-refractivity contribution in [3.05, 3.63) is 150 Å². The number of rotatable bonds is 3. The zero-order valence-electron chi connectivity index (χ0n) is 23.4. The van der Waals surface area contributed by atoms with E-state index >= 15 is 0 Å². The molecule has 0 spiro atoms. The number of fused-ring (bicyclic) bond motifs is 7. The van der Waals surface area contributed by atoms with Gasteiger partial charge in [-0.3, -0.25) is 0 Å². The number of allylic oxidation sites excluding steroid dienone is 1. The summed E-state index contributed by atoms with van der Waals surface area (Å²) in [6.45, 7) is 10.4. The minimum absolute atomic E-state index is 1.18. The first kappa shape index (κ1) is 25.4. The van der Waals surface area contributed by atoms with E-state index in [-0.39, 0.29) is 0 Å². The first-order valence-corrected chi connectivity index (χ1v) is 13.9. The van der Waals surface area contributed by atoms with Crippen molar-refractivity contribution in [2.75, 3.05) is 0 Å². The van der Waals surface area contributed by atoms with Crippen LogP contribution < -0.4 is 0 Å². The van der Waals surface area contributed by atoms with Crippen LogP contribution in [-0.2, 0) is 0 Å². The van der Waals surface area contributed by atoms with Crippen LogP contribution in [0.3, 0.4) is 0 Å². The zero-order chi connectivity index (χ0) is 27.6. The third-order valence-corrected chi connectivity index (χ3v) is 7.72. The monoisotopic (exact) mass is 515 g/mol. The highest BCUT2D eigenvalue weighted by Gasteiger charge is 2.15. The summed E-state index contributed by atoms with van der Waals surface area (Å²) >= 11 is 0. The third-order valence-electron chi connectivity index (χ3n) is 7.72. The van der Waals surface area contributed by atoms with E-state index in [1.165, 1.54) is 71.3 Å². The molecule has 0 saturated heterocycles. The maximum absolute atomic E-state index is 4.02. The zero-order valence-corrected chi connectivity index (χ0v) is 23.4. The van der Waals surface area contributed by atoms with E-state index in [2.05, 4.69) is 146 Å². The molecule has 0 aliphatic carbocycles. The van der Waals surface area contributed by atoms with Crippen LogP contribution in [0.4, 0.5) is 0 Å². The molecule has 0 aliphatic heterocycles. The number of aryl methyl sites for hydroxylation is 2. The van der Waals surface area contributed by atoms with E-state index in [4.69, 9.17) is 0 Å². The topological polar surface area (TPSA) is 4.93 Å². The van der Waals surface area contributed by atoms with Gasteiger partial charge >= 0.3 is 0 Å². The molecule has 40 heavy (non-hydrogen) atoms. The predicted octanol–water partition coefficient (Wildman–Crippen LogP) is 11.1. The molecular formula is C39H33N. The molecule has 0 atom stereocenters. The molecule has 0 fully saturated rings. The smallest absolute Gasteiger partial charge is 0.0543 e. The Morgan fingerprint density at radius 2 is 1.18 bits per heavy atom. The van der Waals surface area contributed by atoms with Gasteiger partial charge in [-0.1, -0.05) is 121 Å². The largest absolute Gasteiger partial charge is 0.309 e. The lowest BCUT2D eigenvalue weighted by molar-refractivity contribution is 1.10. The fourth-order valence-corrected chi connectivity index (χ4v) is 5.97. The Morgan fingerprint density at radius 3 is 1.77 bits per heavy atom. The molecule has 0 unspecified atom stereocenters. The van der Waals surface area contributed by atoms with Crippen molar-refractivity contribution < 1.29 is 0 Å². The molecule has 0 radical (unpaired) electrons. The van der Waals surface area contributed by atoms with Gasteiger partial charge in [-0.05, 0) is 82.9 Å². The van der Waals surface area contributed by atoms with Crippen molar-refractivity contribution in [1.29, 1.82) is 0 Å². The predicted molar refractivity (Wildman–Crippen MR) is 177 cm³/mol. The standard InChI is InChI=1S/C20H19N.C19H14/c1-4-10-18-17(5-2)20-15(3)11-9-14-19(20)21(18)16-12-7-6-8-13-16;1-13-10-11-18-16-8-3-2-6-14(16)15-7-4-5-9-17(15)19(18)12-13/h4-14H,2H2,1,3H3;2-12H,1H3/b10-4-;. The summed E-state index contributed by atoms with van der Waals surface area (Å²) in [5, 5.41) is 9.36. The molecule has 0 bridgehead atoms. The highest BCUT2D eigenvalue weighted by Crippen LogP contribution is 2.35. The molecule has 0 saturated carbocycles. The maximum Gasteiger partial charge on any atom is 0.0543 e. The molecule has 1 heteroatoms. The summed E-state index contributed by atoms with van der Waals surface area (Å²) in [4.78, 5) is 0. The van der Waals surface area contributed by atoms with E-state index in [0.29, 0.717) is 0 Å². The Labute approximate surface area is 236 Å². The van der Waals surface area contributed by atoms with Crippen LogP contribution in [0.1, 0.15) is 29.3 Å². The van der Waals surface area contributed by atoms with Gasteiger partial charge in [0.1, 0.15) is 0 Å². The molecule has 0 N–H and O–H groups in total. The lowest BCUT2D eigenvalue weighted by Crippen LogP contribution is -1.96. The van der Waals surface area contributed by atoms with Crippen LogP contribution in [0.2, 0.25) is 0 Å². The number of hydrogen-bond acceptors (Lipinski definition) is 0. The third kappa shape index (κ3) is 4.30. The number of aromatic nitrogens is 1. The van der Waals surface area contributed by atoms with Gasteiger partial charge in [0.2, 0.25) is 0 Å². The molecule has 194 valence electrons. The van der Waals surface area contributed by atoms with Gasteiger partial charge in [0.25, 0.3) is 0 Å². The van der Waals surface area contributed by atoms with Crippen LogP contribution in [0.15, 0.2) is 128 Å². The Morgan fingerprint density at radius 1 is 0.600 bits per heavy atom. The first-order valence-electron chi connectivity index (χ1n) is 13.9. The minimum atomic E-state index is 1.18. The number of nitrogens with zero attached hydrogens (tertiary/aromatic N) is 1. The molecule has 1 nitrogen and oxygen atoms in total. The van der Waals surface area contributed by atoms with Crippen molar-refractivity contribution >= 4 is 55.4 Å². The van der Waals surface area contributed by atoms with Crippen molar-refractivity contribution in [3.8, 4) is 5.69 Å².